The summed E-state index contributed by atoms with van der Waals surface area (Å²) in [6.45, 7) is 1.78. The number of aromatic nitrogens is 1. The number of nitrogens with zero attached hydrogens (tertiary/aromatic N) is 1. The summed E-state index contributed by atoms with van der Waals surface area (Å²) in [5.41, 5.74) is 1.05. The zero-order chi connectivity index (χ0) is 13.2. The summed E-state index contributed by atoms with van der Waals surface area (Å²) in [5.74, 6) is 0.435. The minimum Gasteiger partial charge on any atom is -0.332 e. The molecule has 2 rings (SSSR count). The van der Waals surface area contributed by atoms with Gasteiger partial charge in [-0.25, -0.2) is 0 Å². The molecule has 1 aliphatic carbocycles. The Morgan fingerprint density at radius 3 is 2.61 bits per heavy atom. The van der Waals surface area contributed by atoms with E-state index in [9.17, 15) is 13.0 Å². The van der Waals surface area contributed by atoms with Gasteiger partial charge in [0.15, 0.2) is 5.37 Å². The Hall–Kier alpha value is -0.810. The largest absolute Gasteiger partial charge is 0.332 e. The molecule has 1 heterocycles. The fourth-order valence-corrected chi connectivity index (χ4v) is 3.87. The molecule has 1 atom stereocenters. The Morgan fingerprint density at radius 2 is 2.06 bits per heavy atom. The molecule has 1 N–H and O–H groups in total. The first kappa shape index (κ1) is 13.6. The fraction of sp³-hybridized carbons (Fsp3) is 0.692. The Kier molecular flexibility index (Phi) is 4.12. The molecule has 1 saturated carbocycles. The summed E-state index contributed by atoms with van der Waals surface area (Å²) in [4.78, 5) is 0. The monoisotopic (exact) mass is 271 g/mol. The third-order valence-electron chi connectivity index (χ3n) is 3.84. The van der Waals surface area contributed by atoms with Gasteiger partial charge < -0.3 is 4.57 Å². The van der Waals surface area contributed by atoms with E-state index in [1.165, 1.54) is 19.3 Å². The lowest BCUT2D eigenvalue weighted by Crippen LogP contribution is -2.21. The highest BCUT2D eigenvalue weighted by Gasteiger charge is 2.27. The summed E-state index contributed by atoms with van der Waals surface area (Å²) in [6.07, 6.45) is 8.07. The Morgan fingerprint density at radius 1 is 1.39 bits per heavy atom. The molecular formula is C13H21NO3S. The number of hydrogen-bond donors (Lipinski definition) is 1. The van der Waals surface area contributed by atoms with Crippen molar-refractivity contribution in [2.45, 2.75) is 56.7 Å². The number of rotatable bonds is 4. The van der Waals surface area contributed by atoms with Gasteiger partial charge in [0.2, 0.25) is 0 Å². The smallest absolute Gasteiger partial charge is 0.286 e. The van der Waals surface area contributed by atoms with Crippen LogP contribution in [0.2, 0.25) is 0 Å². The molecule has 0 saturated heterocycles. The van der Waals surface area contributed by atoms with Crippen molar-refractivity contribution in [2.75, 3.05) is 0 Å². The molecule has 1 aromatic heterocycles. The molecule has 1 aromatic rings. The van der Waals surface area contributed by atoms with Crippen molar-refractivity contribution in [3.05, 3.63) is 24.0 Å². The molecule has 0 aliphatic heterocycles. The van der Waals surface area contributed by atoms with Crippen LogP contribution in [0.3, 0.4) is 0 Å². The van der Waals surface area contributed by atoms with Crippen LogP contribution in [0.15, 0.2) is 18.3 Å². The quantitative estimate of drug-likeness (QED) is 0.854. The van der Waals surface area contributed by atoms with Crippen molar-refractivity contribution < 1.29 is 13.0 Å². The second-order valence-electron chi connectivity index (χ2n) is 5.05. The molecule has 0 amide bonds. The molecule has 0 aromatic carbocycles. The van der Waals surface area contributed by atoms with Gasteiger partial charge in [0.25, 0.3) is 10.1 Å². The van der Waals surface area contributed by atoms with Crippen LogP contribution in [0.25, 0.3) is 0 Å². The average molecular weight is 271 g/mol. The average Bonchev–Trinajstić information content (AvgIpc) is 2.78. The zero-order valence-corrected chi connectivity index (χ0v) is 11.6. The molecule has 102 valence electrons. The van der Waals surface area contributed by atoms with E-state index in [0.717, 1.165) is 18.5 Å². The van der Waals surface area contributed by atoms with Crippen LogP contribution < -0.4 is 0 Å². The van der Waals surface area contributed by atoms with Gasteiger partial charge in [0.1, 0.15) is 0 Å². The summed E-state index contributed by atoms with van der Waals surface area (Å²) in [6, 6.07) is 3.86. The van der Waals surface area contributed by atoms with Crippen LogP contribution in [0.5, 0.6) is 0 Å². The molecule has 1 unspecified atom stereocenters. The van der Waals surface area contributed by atoms with E-state index in [2.05, 4.69) is 0 Å². The van der Waals surface area contributed by atoms with Crippen molar-refractivity contribution in [3.8, 4) is 0 Å². The third-order valence-corrected chi connectivity index (χ3v) is 5.09. The lowest BCUT2D eigenvalue weighted by Gasteiger charge is -2.26. The lowest BCUT2D eigenvalue weighted by molar-refractivity contribution is 0.403. The second-order valence-corrected chi connectivity index (χ2v) is 6.63. The molecule has 0 bridgehead atoms. The topological polar surface area (TPSA) is 59.3 Å². The standard InChI is InChI=1S/C13H21NO3S/c1-2-13(18(15,16)17)14-10-6-9-12(14)11-7-4-3-5-8-11/h6,9-11,13H,2-5,7-8H2,1H3,(H,15,16,17). The predicted octanol–water partition coefficient (Wildman–Crippen LogP) is 3.33. The van der Waals surface area contributed by atoms with Gasteiger partial charge in [-0.2, -0.15) is 8.42 Å². The highest BCUT2D eigenvalue weighted by Crippen LogP contribution is 2.35. The second kappa shape index (κ2) is 5.45. The molecule has 0 radical (unpaired) electrons. The van der Waals surface area contributed by atoms with Gasteiger partial charge in [-0.3, -0.25) is 4.55 Å². The Bertz CT molecular complexity index is 486. The molecule has 5 heteroatoms. The van der Waals surface area contributed by atoms with Crippen molar-refractivity contribution >= 4 is 10.1 Å². The van der Waals surface area contributed by atoms with E-state index in [1.807, 2.05) is 12.1 Å². The van der Waals surface area contributed by atoms with E-state index >= 15 is 0 Å². The van der Waals surface area contributed by atoms with Crippen LogP contribution in [0.4, 0.5) is 0 Å². The molecule has 4 nitrogen and oxygen atoms in total. The van der Waals surface area contributed by atoms with Crippen molar-refractivity contribution in [3.63, 3.8) is 0 Å². The summed E-state index contributed by atoms with van der Waals surface area (Å²) < 4.78 is 33.9. The van der Waals surface area contributed by atoms with Gasteiger partial charge >= 0.3 is 0 Å². The van der Waals surface area contributed by atoms with E-state index in [0.29, 0.717) is 12.3 Å². The molecule has 18 heavy (non-hydrogen) atoms. The normalized spacial score (nSPS) is 19.9. The van der Waals surface area contributed by atoms with Crippen LogP contribution in [0.1, 0.15) is 62.4 Å². The van der Waals surface area contributed by atoms with Crippen LogP contribution in [0, 0.1) is 0 Å². The van der Waals surface area contributed by atoms with Gasteiger partial charge in [-0.1, -0.05) is 26.2 Å². The van der Waals surface area contributed by atoms with Crippen LogP contribution >= 0.6 is 0 Å². The van der Waals surface area contributed by atoms with Crippen LogP contribution in [-0.2, 0) is 10.1 Å². The third kappa shape index (κ3) is 2.78. The maximum absolute atomic E-state index is 11.4. The minimum absolute atomic E-state index is 0.382. The fourth-order valence-electron chi connectivity index (χ4n) is 2.96. The first-order valence-electron chi connectivity index (χ1n) is 6.67. The molecule has 0 spiro atoms. The van der Waals surface area contributed by atoms with Gasteiger partial charge in [0, 0.05) is 11.9 Å². The van der Waals surface area contributed by atoms with E-state index < -0.39 is 15.5 Å². The predicted molar refractivity (Wildman–Crippen MR) is 71.1 cm³/mol. The maximum Gasteiger partial charge on any atom is 0.286 e. The van der Waals surface area contributed by atoms with E-state index in [-0.39, 0.29) is 0 Å². The summed E-state index contributed by atoms with van der Waals surface area (Å²) in [7, 11) is -4.04. The van der Waals surface area contributed by atoms with E-state index in [1.54, 1.807) is 17.7 Å². The summed E-state index contributed by atoms with van der Waals surface area (Å²) in [5, 5.41) is -0.843. The highest BCUT2D eigenvalue weighted by atomic mass is 32.2. The first-order valence-corrected chi connectivity index (χ1v) is 8.17. The van der Waals surface area contributed by atoms with Gasteiger partial charge in [-0.05, 0) is 37.3 Å². The van der Waals surface area contributed by atoms with E-state index in [4.69, 9.17) is 0 Å². The van der Waals surface area contributed by atoms with Crippen molar-refractivity contribution in [2.24, 2.45) is 0 Å². The molecule has 1 fully saturated rings. The zero-order valence-electron chi connectivity index (χ0n) is 10.7. The van der Waals surface area contributed by atoms with Crippen LogP contribution in [-0.4, -0.2) is 17.5 Å². The lowest BCUT2D eigenvalue weighted by atomic mass is 9.87. The Labute approximate surface area is 109 Å². The molecular weight excluding hydrogens is 250 g/mol. The minimum atomic E-state index is -4.04. The summed E-state index contributed by atoms with van der Waals surface area (Å²) >= 11 is 0. The number of hydrogen-bond acceptors (Lipinski definition) is 2. The van der Waals surface area contributed by atoms with Gasteiger partial charge in [-0.15, -0.1) is 0 Å². The highest BCUT2D eigenvalue weighted by molar-refractivity contribution is 7.85. The van der Waals surface area contributed by atoms with Crippen molar-refractivity contribution in [1.29, 1.82) is 0 Å². The maximum atomic E-state index is 11.4. The van der Waals surface area contributed by atoms with Crippen molar-refractivity contribution in [1.82, 2.24) is 4.57 Å². The first-order chi connectivity index (χ1) is 8.54. The Balaban J connectivity index is 2.31. The molecule has 1 aliphatic rings. The van der Waals surface area contributed by atoms with Gasteiger partial charge in [0.05, 0.1) is 0 Å². The SMILES string of the molecule is CCC(n1cccc1C1CCCCC1)S(=O)(=O)O.